The number of fused-ring (bicyclic) bond motifs is 3. The van der Waals surface area contributed by atoms with E-state index in [-0.39, 0.29) is 35.1 Å². The number of hydrogen-bond acceptors (Lipinski definition) is 9. The third-order valence-electron chi connectivity index (χ3n) is 8.40. The Hall–Kier alpha value is -4.29. The minimum Gasteiger partial charge on any atom is -0.510 e. The van der Waals surface area contributed by atoms with Crippen LogP contribution in [0.25, 0.3) is 11.1 Å². The van der Waals surface area contributed by atoms with Gasteiger partial charge in [0.2, 0.25) is 5.78 Å². The molecule has 3 aliphatic rings. The van der Waals surface area contributed by atoms with Gasteiger partial charge in [0.25, 0.3) is 5.91 Å². The standard InChI is InChI=1S/C29H29F2N3O7/c1-33(2)18-10-14(13-6-5-12(30)9-17(13)31)23(35)20-15(18)7-11-8-16-22(34(3)4)25(37)21(28(32)40)27(39)29(16,41)26(38)19(11)24(20)36/h5-6,9-11,16,22,35,37-38,41H,7-8H2,1-4H3,(H2,32,40)/t11-,16-,22-,29-/m1/s1. The number of nitrogens with zero attached hydrogens (tertiary/aromatic N) is 2. The Morgan fingerprint density at radius 2 is 1.71 bits per heavy atom. The molecule has 5 rings (SSSR count). The van der Waals surface area contributed by atoms with Crippen LogP contribution < -0.4 is 10.6 Å². The van der Waals surface area contributed by atoms with Gasteiger partial charge >= 0.3 is 0 Å². The van der Waals surface area contributed by atoms with Crippen molar-refractivity contribution in [1.29, 1.82) is 0 Å². The maximum absolute atomic E-state index is 14.8. The number of phenols is 1. The van der Waals surface area contributed by atoms with Crippen LogP contribution in [0.15, 0.2) is 46.9 Å². The molecule has 10 nitrogen and oxygen atoms in total. The van der Waals surface area contributed by atoms with Gasteiger partial charge in [-0.25, -0.2) is 8.78 Å². The molecule has 0 unspecified atom stereocenters. The predicted molar refractivity (Wildman–Crippen MR) is 143 cm³/mol. The van der Waals surface area contributed by atoms with Crippen LogP contribution in [0.3, 0.4) is 0 Å². The van der Waals surface area contributed by atoms with Gasteiger partial charge in [-0.05, 0) is 56.6 Å². The lowest BCUT2D eigenvalue weighted by atomic mass is 9.58. The molecule has 0 aliphatic heterocycles. The molecule has 216 valence electrons. The first-order chi connectivity index (χ1) is 19.1. The SMILES string of the molecule is CN(C)c1cc(-c2ccc(F)cc2F)c(O)c2c1C[C@@H]1C[C@@H]3[C@@H](N(C)C)C(O)=C(C(N)=O)C(=O)[C@]3(O)C(O)=C1C2=O. The third kappa shape index (κ3) is 3.85. The summed E-state index contributed by atoms with van der Waals surface area (Å²) in [7, 11) is 6.46. The highest BCUT2D eigenvalue weighted by Crippen LogP contribution is 2.54. The summed E-state index contributed by atoms with van der Waals surface area (Å²) in [4.78, 5) is 42.8. The Morgan fingerprint density at radius 1 is 1.05 bits per heavy atom. The number of ketones is 2. The Labute approximate surface area is 233 Å². The predicted octanol–water partition coefficient (Wildman–Crippen LogP) is 2.13. The zero-order chi connectivity index (χ0) is 30.3. The second kappa shape index (κ2) is 9.38. The van der Waals surface area contributed by atoms with Crippen molar-refractivity contribution in [2.24, 2.45) is 17.6 Å². The number of aliphatic hydroxyl groups excluding tert-OH is 2. The first-order valence-corrected chi connectivity index (χ1v) is 12.8. The summed E-state index contributed by atoms with van der Waals surface area (Å²) in [5.41, 5.74) is 1.65. The minimum atomic E-state index is -2.77. The maximum Gasteiger partial charge on any atom is 0.255 e. The average molecular weight is 570 g/mol. The topological polar surface area (TPSA) is 165 Å². The van der Waals surface area contributed by atoms with E-state index in [4.69, 9.17) is 5.73 Å². The monoisotopic (exact) mass is 569 g/mol. The van der Waals surface area contributed by atoms with Gasteiger partial charge in [0, 0.05) is 48.5 Å². The molecule has 0 fully saturated rings. The zero-order valence-corrected chi connectivity index (χ0v) is 22.7. The van der Waals surface area contributed by atoms with E-state index in [0.29, 0.717) is 17.3 Å². The van der Waals surface area contributed by atoms with E-state index in [2.05, 4.69) is 0 Å². The Bertz CT molecular complexity index is 1610. The number of nitrogens with two attached hydrogens (primary N) is 1. The third-order valence-corrected chi connectivity index (χ3v) is 8.40. The van der Waals surface area contributed by atoms with Crippen LogP contribution in [0, 0.1) is 23.5 Å². The number of halogens is 2. The molecule has 6 N–H and O–H groups in total. The number of anilines is 1. The van der Waals surface area contributed by atoms with Gasteiger partial charge in [-0.3, -0.25) is 19.3 Å². The summed E-state index contributed by atoms with van der Waals surface area (Å²) < 4.78 is 28.4. The number of Topliss-reactive ketones (excluding diaryl/α,β-unsaturated/α-hetero) is 2. The normalized spacial score (nSPS) is 25.7. The molecule has 0 heterocycles. The Balaban J connectivity index is 1.77. The van der Waals surface area contributed by atoms with Crippen LogP contribution in [-0.4, -0.2) is 82.6 Å². The molecule has 0 spiro atoms. The molecule has 3 aliphatic carbocycles. The van der Waals surface area contributed by atoms with Crippen molar-refractivity contribution in [2.75, 3.05) is 33.1 Å². The van der Waals surface area contributed by atoms with E-state index in [0.717, 1.165) is 12.1 Å². The summed E-state index contributed by atoms with van der Waals surface area (Å²) >= 11 is 0. The summed E-state index contributed by atoms with van der Waals surface area (Å²) in [6.45, 7) is 0. The van der Waals surface area contributed by atoms with Crippen LogP contribution in [0.4, 0.5) is 14.5 Å². The molecular formula is C29H29F2N3O7. The first-order valence-electron chi connectivity index (χ1n) is 12.8. The van der Waals surface area contributed by atoms with Crippen LogP contribution in [-0.2, 0) is 16.0 Å². The summed E-state index contributed by atoms with van der Waals surface area (Å²) in [6, 6.07) is 3.14. The highest BCUT2D eigenvalue weighted by atomic mass is 19.1. The number of allylic oxidation sites excluding steroid dienone is 1. The second-order valence-corrected chi connectivity index (χ2v) is 11.1. The Kier molecular flexibility index (Phi) is 6.47. The van der Waals surface area contributed by atoms with Crippen molar-refractivity contribution in [2.45, 2.75) is 24.5 Å². The number of aliphatic hydroxyl groups is 3. The van der Waals surface area contributed by atoms with Gasteiger partial charge in [0.15, 0.2) is 11.4 Å². The molecule has 41 heavy (non-hydrogen) atoms. The lowest BCUT2D eigenvalue weighted by Crippen LogP contribution is -2.63. The molecule has 0 saturated carbocycles. The van der Waals surface area contributed by atoms with Gasteiger partial charge < -0.3 is 31.1 Å². The van der Waals surface area contributed by atoms with Gasteiger partial charge in [0.1, 0.15) is 34.5 Å². The van der Waals surface area contributed by atoms with Crippen LogP contribution in [0.1, 0.15) is 22.3 Å². The summed E-state index contributed by atoms with van der Waals surface area (Å²) in [6.07, 6.45) is 0.00945. The number of benzene rings is 2. The highest BCUT2D eigenvalue weighted by molar-refractivity contribution is 6.25. The fourth-order valence-electron chi connectivity index (χ4n) is 6.61. The quantitative estimate of drug-likeness (QED) is 0.347. The Morgan fingerprint density at radius 3 is 2.27 bits per heavy atom. The van der Waals surface area contributed by atoms with E-state index in [1.807, 2.05) is 0 Å². The number of hydrogen-bond donors (Lipinski definition) is 5. The largest absolute Gasteiger partial charge is 0.510 e. The van der Waals surface area contributed by atoms with Crippen LogP contribution >= 0.6 is 0 Å². The van der Waals surface area contributed by atoms with Crippen molar-refractivity contribution in [1.82, 2.24) is 4.90 Å². The number of carbonyl (C=O) groups excluding carboxylic acids is 3. The fourth-order valence-corrected chi connectivity index (χ4v) is 6.61. The van der Waals surface area contributed by atoms with Crippen molar-refractivity contribution in [3.8, 4) is 16.9 Å². The first kappa shape index (κ1) is 28.2. The molecule has 1 amide bonds. The van der Waals surface area contributed by atoms with Crippen LogP contribution in [0.5, 0.6) is 5.75 Å². The lowest BCUT2D eigenvalue weighted by Gasteiger charge is -2.50. The number of phenolic OH excluding ortho intramolecular Hbond substituents is 1. The zero-order valence-electron chi connectivity index (χ0n) is 22.7. The minimum absolute atomic E-state index is 0.0618. The highest BCUT2D eigenvalue weighted by Gasteiger charge is 2.63. The van der Waals surface area contributed by atoms with Crippen molar-refractivity contribution < 1.29 is 43.6 Å². The molecule has 0 bridgehead atoms. The number of amides is 1. The molecule has 2 aromatic rings. The maximum atomic E-state index is 14.8. The molecule has 0 radical (unpaired) electrons. The van der Waals surface area contributed by atoms with E-state index in [1.165, 1.54) is 11.0 Å². The fraction of sp³-hybridized carbons (Fsp3) is 0.345. The number of aromatic hydroxyl groups is 1. The molecule has 0 aromatic heterocycles. The van der Waals surface area contributed by atoms with Crippen molar-refractivity contribution in [3.05, 3.63) is 69.7 Å². The van der Waals surface area contributed by atoms with E-state index < -0.39 is 75.4 Å². The smallest absolute Gasteiger partial charge is 0.255 e. The number of primary amides is 1. The summed E-state index contributed by atoms with van der Waals surface area (Å²) in [5, 5.41) is 45.4. The molecule has 2 aromatic carbocycles. The van der Waals surface area contributed by atoms with Gasteiger partial charge in [-0.2, -0.15) is 0 Å². The number of carbonyl (C=O) groups is 3. The molecular weight excluding hydrogens is 540 g/mol. The van der Waals surface area contributed by atoms with E-state index in [9.17, 15) is 43.6 Å². The van der Waals surface area contributed by atoms with Gasteiger partial charge in [-0.15, -0.1) is 0 Å². The van der Waals surface area contributed by atoms with Crippen molar-refractivity contribution in [3.63, 3.8) is 0 Å². The van der Waals surface area contributed by atoms with E-state index in [1.54, 1.807) is 33.1 Å². The molecule has 12 heteroatoms. The number of rotatable bonds is 4. The second-order valence-electron chi connectivity index (χ2n) is 11.1. The lowest BCUT2D eigenvalue weighted by molar-refractivity contribution is -0.148. The van der Waals surface area contributed by atoms with Crippen molar-refractivity contribution >= 4 is 23.2 Å². The van der Waals surface area contributed by atoms with E-state index >= 15 is 0 Å². The molecule has 0 saturated heterocycles. The van der Waals surface area contributed by atoms with Gasteiger partial charge in [0.05, 0.1) is 11.6 Å². The number of likely N-dealkylation sites (N-methyl/N-ethyl adjacent to an activating group) is 1. The van der Waals surface area contributed by atoms with Gasteiger partial charge in [-0.1, -0.05) is 0 Å². The average Bonchev–Trinajstić information content (AvgIpc) is 2.86. The van der Waals surface area contributed by atoms with Crippen LogP contribution in [0.2, 0.25) is 0 Å². The summed E-state index contributed by atoms with van der Waals surface area (Å²) in [5.74, 6) is -9.55. The molecule has 4 atom stereocenters.